The first-order valence-corrected chi connectivity index (χ1v) is 9.63. The summed E-state index contributed by atoms with van der Waals surface area (Å²) >= 11 is 0. The van der Waals surface area contributed by atoms with Gasteiger partial charge in [-0.05, 0) is 30.2 Å². The van der Waals surface area contributed by atoms with E-state index in [4.69, 9.17) is 4.98 Å². The van der Waals surface area contributed by atoms with Gasteiger partial charge in [0.05, 0.1) is 6.20 Å². The highest BCUT2D eigenvalue weighted by atomic mass is 15.3. The molecule has 4 rings (SSSR count). The molecule has 4 aromatic rings. The highest BCUT2D eigenvalue weighted by molar-refractivity contribution is 5.60. The van der Waals surface area contributed by atoms with E-state index in [1.807, 2.05) is 36.4 Å². The standard InChI is InChI=1S/C24H23N5/c1-19-9-8-12-21(15-19)16-25-24-27-23(17-26-28-24)29(22-13-6-3-7-14-22)18-20-10-4-2-5-11-20/h2-15,17H,16,18H2,1H3,(H,25,27,28). The average Bonchev–Trinajstić information content (AvgIpc) is 2.78. The fourth-order valence-electron chi connectivity index (χ4n) is 3.18. The van der Waals surface area contributed by atoms with E-state index in [1.54, 1.807) is 6.20 Å². The average molecular weight is 381 g/mol. The fourth-order valence-corrected chi connectivity index (χ4v) is 3.18. The van der Waals surface area contributed by atoms with E-state index in [-0.39, 0.29) is 0 Å². The lowest BCUT2D eigenvalue weighted by Crippen LogP contribution is -2.19. The van der Waals surface area contributed by atoms with Gasteiger partial charge in [-0.3, -0.25) is 0 Å². The molecule has 0 atom stereocenters. The molecule has 144 valence electrons. The molecule has 0 spiro atoms. The molecule has 5 heteroatoms. The Kier molecular flexibility index (Phi) is 5.76. The zero-order chi connectivity index (χ0) is 19.9. The van der Waals surface area contributed by atoms with Gasteiger partial charge in [0, 0.05) is 18.8 Å². The molecule has 0 fully saturated rings. The number of nitrogens with zero attached hydrogens (tertiary/aromatic N) is 4. The van der Waals surface area contributed by atoms with Crippen LogP contribution in [0.25, 0.3) is 0 Å². The number of hydrogen-bond acceptors (Lipinski definition) is 5. The van der Waals surface area contributed by atoms with E-state index in [0.29, 0.717) is 19.0 Å². The lowest BCUT2D eigenvalue weighted by atomic mass is 10.1. The Morgan fingerprint density at radius 2 is 1.55 bits per heavy atom. The molecule has 0 unspecified atom stereocenters. The van der Waals surface area contributed by atoms with Crippen molar-refractivity contribution in [3.63, 3.8) is 0 Å². The topological polar surface area (TPSA) is 53.9 Å². The van der Waals surface area contributed by atoms with Crippen molar-refractivity contribution in [1.29, 1.82) is 0 Å². The first kappa shape index (κ1) is 18.6. The maximum Gasteiger partial charge on any atom is 0.244 e. The predicted molar refractivity (Wildman–Crippen MR) is 117 cm³/mol. The van der Waals surface area contributed by atoms with Gasteiger partial charge in [-0.1, -0.05) is 78.4 Å². The number of para-hydroxylation sites is 1. The summed E-state index contributed by atoms with van der Waals surface area (Å²) in [5, 5.41) is 11.6. The van der Waals surface area contributed by atoms with Gasteiger partial charge in [0.1, 0.15) is 0 Å². The third-order valence-corrected chi connectivity index (χ3v) is 4.61. The number of nitrogens with one attached hydrogen (secondary N) is 1. The van der Waals surface area contributed by atoms with Gasteiger partial charge >= 0.3 is 0 Å². The molecule has 1 heterocycles. The van der Waals surface area contributed by atoms with Crippen LogP contribution >= 0.6 is 0 Å². The number of aromatic nitrogens is 3. The van der Waals surface area contributed by atoms with Crippen molar-refractivity contribution in [1.82, 2.24) is 15.2 Å². The van der Waals surface area contributed by atoms with Gasteiger partial charge in [-0.15, -0.1) is 5.10 Å². The summed E-state index contributed by atoms with van der Waals surface area (Å²) in [4.78, 5) is 6.87. The van der Waals surface area contributed by atoms with Crippen LogP contribution in [0.15, 0.2) is 91.1 Å². The molecule has 0 radical (unpaired) electrons. The summed E-state index contributed by atoms with van der Waals surface area (Å²) in [7, 11) is 0. The smallest absolute Gasteiger partial charge is 0.244 e. The molecule has 3 aromatic carbocycles. The molecule has 1 N–H and O–H groups in total. The predicted octanol–water partition coefficient (Wildman–Crippen LogP) is 5.13. The lowest BCUT2D eigenvalue weighted by molar-refractivity contribution is 0.888. The van der Waals surface area contributed by atoms with Crippen LogP contribution in [0.3, 0.4) is 0 Å². The molecule has 0 aliphatic rings. The summed E-state index contributed by atoms with van der Waals surface area (Å²) in [6.07, 6.45) is 1.70. The largest absolute Gasteiger partial charge is 0.349 e. The quantitative estimate of drug-likeness (QED) is 0.481. The summed E-state index contributed by atoms with van der Waals surface area (Å²) < 4.78 is 0. The molecule has 0 saturated heterocycles. The minimum Gasteiger partial charge on any atom is -0.349 e. The van der Waals surface area contributed by atoms with Crippen LogP contribution in [0.4, 0.5) is 17.5 Å². The van der Waals surface area contributed by atoms with Crippen molar-refractivity contribution in [2.75, 3.05) is 10.2 Å². The molecule has 0 aliphatic heterocycles. The zero-order valence-electron chi connectivity index (χ0n) is 16.4. The third kappa shape index (κ3) is 4.96. The Balaban J connectivity index is 1.58. The first-order chi connectivity index (χ1) is 14.3. The lowest BCUT2D eigenvalue weighted by Gasteiger charge is -2.24. The summed E-state index contributed by atoms with van der Waals surface area (Å²) in [6.45, 7) is 3.43. The van der Waals surface area contributed by atoms with E-state index < -0.39 is 0 Å². The van der Waals surface area contributed by atoms with E-state index in [9.17, 15) is 0 Å². The van der Waals surface area contributed by atoms with Crippen molar-refractivity contribution >= 4 is 17.5 Å². The van der Waals surface area contributed by atoms with Crippen LogP contribution in [0.5, 0.6) is 0 Å². The van der Waals surface area contributed by atoms with Crippen LogP contribution in [0.1, 0.15) is 16.7 Å². The summed E-state index contributed by atoms with van der Waals surface area (Å²) in [5.74, 6) is 1.26. The number of rotatable bonds is 7. The maximum absolute atomic E-state index is 4.72. The van der Waals surface area contributed by atoms with E-state index in [2.05, 4.69) is 75.9 Å². The van der Waals surface area contributed by atoms with E-state index in [1.165, 1.54) is 16.7 Å². The second-order valence-corrected chi connectivity index (χ2v) is 6.89. The van der Waals surface area contributed by atoms with Gasteiger partial charge in [0.15, 0.2) is 5.82 Å². The van der Waals surface area contributed by atoms with Gasteiger partial charge in [-0.25, -0.2) is 0 Å². The van der Waals surface area contributed by atoms with Crippen LogP contribution in [0.2, 0.25) is 0 Å². The summed E-state index contributed by atoms with van der Waals surface area (Å²) in [5.41, 5.74) is 4.67. The second-order valence-electron chi connectivity index (χ2n) is 6.89. The number of hydrogen-bond donors (Lipinski definition) is 1. The fraction of sp³-hybridized carbons (Fsp3) is 0.125. The molecular formula is C24H23N5. The highest BCUT2D eigenvalue weighted by Gasteiger charge is 2.13. The van der Waals surface area contributed by atoms with Crippen LogP contribution in [-0.4, -0.2) is 15.2 Å². The normalized spacial score (nSPS) is 10.5. The van der Waals surface area contributed by atoms with Crippen molar-refractivity contribution in [2.24, 2.45) is 0 Å². The second kappa shape index (κ2) is 8.97. The molecule has 29 heavy (non-hydrogen) atoms. The van der Waals surface area contributed by atoms with Crippen LogP contribution in [-0.2, 0) is 13.1 Å². The molecular weight excluding hydrogens is 358 g/mol. The van der Waals surface area contributed by atoms with Crippen molar-refractivity contribution in [3.05, 3.63) is 108 Å². The minimum absolute atomic E-state index is 0.512. The molecule has 0 aliphatic carbocycles. The zero-order valence-corrected chi connectivity index (χ0v) is 16.4. The van der Waals surface area contributed by atoms with E-state index in [0.717, 1.165) is 11.5 Å². The Labute approximate surface area is 171 Å². The Morgan fingerprint density at radius 3 is 2.31 bits per heavy atom. The molecule has 0 bridgehead atoms. The van der Waals surface area contributed by atoms with Gasteiger partial charge in [0.25, 0.3) is 0 Å². The minimum atomic E-state index is 0.512. The van der Waals surface area contributed by atoms with Crippen LogP contribution in [0, 0.1) is 6.92 Å². The van der Waals surface area contributed by atoms with Crippen molar-refractivity contribution < 1.29 is 0 Å². The Bertz CT molecular complexity index is 1050. The highest BCUT2D eigenvalue weighted by Crippen LogP contribution is 2.25. The summed E-state index contributed by atoms with van der Waals surface area (Å²) in [6, 6.07) is 28.9. The number of benzene rings is 3. The van der Waals surface area contributed by atoms with Crippen molar-refractivity contribution in [2.45, 2.75) is 20.0 Å². The molecule has 1 aromatic heterocycles. The third-order valence-electron chi connectivity index (χ3n) is 4.61. The molecule has 0 saturated carbocycles. The van der Waals surface area contributed by atoms with E-state index >= 15 is 0 Å². The van der Waals surface area contributed by atoms with Gasteiger partial charge in [0.2, 0.25) is 5.95 Å². The SMILES string of the molecule is Cc1cccc(CNc2nncc(N(Cc3ccccc3)c3ccccc3)n2)c1. The maximum atomic E-state index is 4.72. The Hall–Kier alpha value is -3.73. The van der Waals surface area contributed by atoms with Crippen molar-refractivity contribution in [3.8, 4) is 0 Å². The van der Waals surface area contributed by atoms with Gasteiger partial charge < -0.3 is 10.2 Å². The number of anilines is 3. The molecule has 5 nitrogen and oxygen atoms in total. The molecule has 0 amide bonds. The number of aryl methyl sites for hydroxylation is 1. The monoisotopic (exact) mass is 381 g/mol. The first-order valence-electron chi connectivity index (χ1n) is 9.63. The van der Waals surface area contributed by atoms with Gasteiger partial charge in [-0.2, -0.15) is 10.1 Å². The van der Waals surface area contributed by atoms with Crippen LogP contribution < -0.4 is 10.2 Å². The Morgan fingerprint density at radius 1 is 0.828 bits per heavy atom.